The van der Waals surface area contributed by atoms with Crippen LogP contribution in [0.5, 0.6) is 5.75 Å². The number of amides is 2. The number of hydrogen-bond acceptors (Lipinski definition) is 4. The van der Waals surface area contributed by atoms with E-state index in [1.165, 1.54) is 0 Å². The fourth-order valence-corrected chi connectivity index (χ4v) is 4.05. The van der Waals surface area contributed by atoms with Gasteiger partial charge in [-0.2, -0.15) is 0 Å². The number of carbonyl (C=O) groups is 2. The second-order valence-electron chi connectivity index (χ2n) is 7.52. The number of ether oxygens (including phenoxy) is 1. The van der Waals surface area contributed by atoms with Gasteiger partial charge in [-0.25, -0.2) is 0 Å². The molecule has 2 fully saturated rings. The molecule has 2 N–H and O–H groups in total. The Labute approximate surface area is 155 Å². The van der Waals surface area contributed by atoms with Gasteiger partial charge in [0.25, 0.3) is 0 Å². The minimum absolute atomic E-state index is 0.224. The van der Waals surface area contributed by atoms with Crippen molar-refractivity contribution >= 4 is 11.8 Å². The molecule has 6 heteroatoms. The number of nitrogens with zero attached hydrogens (tertiary/aromatic N) is 2. The van der Waals surface area contributed by atoms with Crippen molar-refractivity contribution in [2.45, 2.75) is 32.6 Å². The van der Waals surface area contributed by atoms with E-state index in [4.69, 9.17) is 10.5 Å². The van der Waals surface area contributed by atoms with E-state index in [1.54, 1.807) is 24.3 Å². The minimum atomic E-state index is -0.426. The molecule has 0 aliphatic carbocycles. The van der Waals surface area contributed by atoms with Crippen molar-refractivity contribution in [3.8, 4) is 5.75 Å². The zero-order valence-corrected chi connectivity index (χ0v) is 15.6. The molecule has 1 spiro atoms. The zero-order chi connectivity index (χ0) is 18.6. The molecule has 2 amide bonds. The average Bonchev–Trinajstić information content (AvgIpc) is 2.96. The molecule has 6 nitrogen and oxygen atoms in total. The molecule has 1 aromatic rings. The summed E-state index contributed by atoms with van der Waals surface area (Å²) >= 11 is 0. The quantitative estimate of drug-likeness (QED) is 0.755. The molecule has 2 aliphatic heterocycles. The Kier molecular flexibility index (Phi) is 5.81. The number of carbonyl (C=O) groups excluding carboxylic acids is 2. The maximum absolute atomic E-state index is 12.0. The second-order valence-corrected chi connectivity index (χ2v) is 7.52. The predicted molar refractivity (Wildman–Crippen MR) is 100 cm³/mol. The minimum Gasteiger partial charge on any atom is -0.494 e. The summed E-state index contributed by atoms with van der Waals surface area (Å²) in [6.45, 7) is 7.65. The van der Waals surface area contributed by atoms with E-state index >= 15 is 0 Å². The van der Waals surface area contributed by atoms with Gasteiger partial charge in [0.15, 0.2) is 0 Å². The Bertz CT molecular complexity index is 636. The lowest BCUT2D eigenvalue weighted by Gasteiger charge is -2.38. The first-order valence-corrected chi connectivity index (χ1v) is 9.54. The van der Waals surface area contributed by atoms with Crippen LogP contribution in [0.2, 0.25) is 0 Å². The number of nitrogens with two attached hydrogens (primary N) is 1. The monoisotopic (exact) mass is 359 g/mol. The van der Waals surface area contributed by atoms with Gasteiger partial charge >= 0.3 is 0 Å². The summed E-state index contributed by atoms with van der Waals surface area (Å²) < 4.78 is 5.74. The molecule has 0 bridgehead atoms. The van der Waals surface area contributed by atoms with Crippen LogP contribution in [0.25, 0.3) is 0 Å². The van der Waals surface area contributed by atoms with Gasteiger partial charge in [-0.05, 0) is 69.0 Å². The van der Waals surface area contributed by atoms with Crippen LogP contribution < -0.4 is 10.5 Å². The van der Waals surface area contributed by atoms with E-state index in [1.807, 2.05) is 4.90 Å². The van der Waals surface area contributed by atoms with Crippen molar-refractivity contribution in [1.82, 2.24) is 9.80 Å². The molecule has 0 radical (unpaired) electrons. The van der Waals surface area contributed by atoms with Crippen LogP contribution >= 0.6 is 0 Å². The summed E-state index contributed by atoms with van der Waals surface area (Å²) in [5.41, 5.74) is 5.94. The lowest BCUT2D eigenvalue weighted by molar-refractivity contribution is -0.127. The fraction of sp³-hybridized carbons (Fsp3) is 0.600. The maximum Gasteiger partial charge on any atom is 0.248 e. The molecule has 1 aromatic carbocycles. The molecule has 3 rings (SSSR count). The summed E-state index contributed by atoms with van der Waals surface area (Å²) in [7, 11) is 0. The van der Waals surface area contributed by atoms with E-state index in [2.05, 4.69) is 11.8 Å². The van der Waals surface area contributed by atoms with Crippen LogP contribution in [-0.4, -0.2) is 60.9 Å². The summed E-state index contributed by atoms with van der Waals surface area (Å²) in [6.07, 6.45) is 3.93. The smallest absolute Gasteiger partial charge is 0.248 e. The van der Waals surface area contributed by atoms with E-state index in [0.29, 0.717) is 18.1 Å². The predicted octanol–water partition coefficient (Wildman–Crippen LogP) is 1.89. The van der Waals surface area contributed by atoms with Crippen LogP contribution in [0.15, 0.2) is 24.3 Å². The lowest BCUT2D eigenvalue weighted by Crippen LogP contribution is -2.42. The van der Waals surface area contributed by atoms with Gasteiger partial charge in [-0.1, -0.05) is 0 Å². The Morgan fingerprint density at radius 2 is 1.92 bits per heavy atom. The first-order valence-electron chi connectivity index (χ1n) is 9.54. The van der Waals surface area contributed by atoms with E-state index in [-0.39, 0.29) is 5.41 Å². The standard InChI is InChI=1S/C20H29N3O3/c1-2-23-15-20(14-18(23)24)8-11-22(12-9-20)10-3-13-26-17-6-4-16(5-7-17)19(21)25/h4-7H,2-3,8-15H2,1H3,(H2,21,25). The van der Waals surface area contributed by atoms with Crippen LogP contribution in [0.1, 0.15) is 43.0 Å². The third kappa shape index (κ3) is 4.36. The normalized spacial score (nSPS) is 19.9. The van der Waals surface area contributed by atoms with Gasteiger partial charge < -0.3 is 20.3 Å². The highest BCUT2D eigenvalue weighted by Gasteiger charge is 2.44. The highest BCUT2D eigenvalue weighted by Crippen LogP contribution is 2.40. The van der Waals surface area contributed by atoms with Gasteiger partial charge in [0.1, 0.15) is 5.75 Å². The summed E-state index contributed by atoms with van der Waals surface area (Å²) in [5, 5.41) is 0. The van der Waals surface area contributed by atoms with Crippen molar-refractivity contribution in [1.29, 1.82) is 0 Å². The topological polar surface area (TPSA) is 75.9 Å². The summed E-state index contributed by atoms with van der Waals surface area (Å²) in [6, 6.07) is 6.93. The number of likely N-dealkylation sites (tertiary alicyclic amines) is 2. The Hall–Kier alpha value is -2.08. The van der Waals surface area contributed by atoms with Crippen LogP contribution in [0.3, 0.4) is 0 Å². The number of primary amides is 1. The second kappa shape index (κ2) is 8.08. The largest absolute Gasteiger partial charge is 0.494 e. The van der Waals surface area contributed by atoms with Crippen molar-refractivity contribution < 1.29 is 14.3 Å². The van der Waals surface area contributed by atoms with E-state index in [0.717, 1.165) is 64.2 Å². The first kappa shape index (κ1) is 18.7. The molecule has 0 aromatic heterocycles. The van der Waals surface area contributed by atoms with Gasteiger partial charge in [0, 0.05) is 31.6 Å². The molecule has 0 unspecified atom stereocenters. The molecule has 2 saturated heterocycles. The summed E-state index contributed by atoms with van der Waals surface area (Å²) in [5.74, 6) is 0.666. The van der Waals surface area contributed by atoms with Crippen LogP contribution in [0.4, 0.5) is 0 Å². The molecule has 2 heterocycles. The molecular formula is C20H29N3O3. The van der Waals surface area contributed by atoms with Gasteiger partial charge in [0.2, 0.25) is 11.8 Å². The third-order valence-corrected chi connectivity index (χ3v) is 5.73. The molecule has 2 aliphatic rings. The van der Waals surface area contributed by atoms with Gasteiger partial charge in [0.05, 0.1) is 6.61 Å². The number of piperidine rings is 1. The molecular weight excluding hydrogens is 330 g/mol. The van der Waals surface area contributed by atoms with Crippen molar-refractivity contribution in [2.75, 3.05) is 39.3 Å². The van der Waals surface area contributed by atoms with Crippen LogP contribution in [-0.2, 0) is 4.79 Å². The number of hydrogen-bond donors (Lipinski definition) is 1. The van der Waals surface area contributed by atoms with Crippen LogP contribution in [0, 0.1) is 5.41 Å². The molecule has 0 saturated carbocycles. The highest BCUT2D eigenvalue weighted by atomic mass is 16.5. The van der Waals surface area contributed by atoms with Gasteiger partial charge in [-0.3, -0.25) is 9.59 Å². The highest BCUT2D eigenvalue weighted by molar-refractivity contribution is 5.92. The van der Waals surface area contributed by atoms with Crippen molar-refractivity contribution in [3.05, 3.63) is 29.8 Å². The molecule has 142 valence electrons. The van der Waals surface area contributed by atoms with E-state index < -0.39 is 5.91 Å². The van der Waals surface area contributed by atoms with Crippen molar-refractivity contribution in [2.24, 2.45) is 11.1 Å². The fourth-order valence-electron chi connectivity index (χ4n) is 4.05. The Balaban J connectivity index is 1.35. The zero-order valence-electron chi connectivity index (χ0n) is 15.6. The molecule has 0 atom stereocenters. The molecule has 26 heavy (non-hydrogen) atoms. The maximum atomic E-state index is 12.0. The Morgan fingerprint density at radius 1 is 1.23 bits per heavy atom. The average molecular weight is 359 g/mol. The third-order valence-electron chi connectivity index (χ3n) is 5.73. The Morgan fingerprint density at radius 3 is 2.50 bits per heavy atom. The summed E-state index contributed by atoms with van der Waals surface area (Å²) in [4.78, 5) is 27.6. The first-order chi connectivity index (χ1) is 12.5. The number of benzene rings is 1. The van der Waals surface area contributed by atoms with Crippen molar-refractivity contribution in [3.63, 3.8) is 0 Å². The number of rotatable bonds is 7. The van der Waals surface area contributed by atoms with E-state index in [9.17, 15) is 9.59 Å². The van der Waals surface area contributed by atoms with Gasteiger partial charge in [-0.15, -0.1) is 0 Å². The SMILES string of the molecule is CCN1CC2(CCN(CCCOc3ccc(C(N)=O)cc3)CC2)CC1=O. The lowest BCUT2D eigenvalue weighted by atomic mass is 9.77.